The van der Waals surface area contributed by atoms with Crippen molar-refractivity contribution >= 4 is 66.5 Å². The normalized spacial score (nSPS) is 18.8. The van der Waals surface area contributed by atoms with Crippen LogP contribution in [0.5, 0.6) is 0 Å². The number of fused-ring (bicyclic) bond motifs is 6. The van der Waals surface area contributed by atoms with E-state index in [1.165, 1.54) is 72.8 Å². The molecular weight excluding hydrogens is 785 g/mol. The van der Waals surface area contributed by atoms with Crippen LogP contribution in [0.4, 0.5) is 11.4 Å². The lowest BCUT2D eigenvalue weighted by Gasteiger charge is -2.28. The van der Waals surface area contributed by atoms with Crippen molar-refractivity contribution in [2.45, 2.75) is 103 Å². The maximum atomic E-state index is 12.0. The Balaban J connectivity index is 1.30. The number of unbranched alkanes of at least 4 members (excludes halogenated alkanes) is 4. The summed E-state index contributed by atoms with van der Waals surface area (Å²) >= 11 is 1.52. The number of carboxylic acid groups (broad SMARTS) is 1. The van der Waals surface area contributed by atoms with E-state index in [0.29, 0.717) is 12.8 Å². The number of anilines is 1. The van der Waals surface area contributed by atoms with Crippen molar-refractivity contribution < 1.29 is 27.4 Å². The van der Waals surface area contributed by atoms with Gasteiger partial charge in [-0.15, -0.1) is 11.8 Å². The van der Waals surface area contributed by atoms with Crippen molar-refractivity contribution in [3.8, 4) is 0 Å². The quantitative estimate of drug-likeness (QED) is 0.0620. The number of hydrogen-bond acceptors (Lipinski definition) is 5. The highest BCUT2D eigenvalue weighted by Crippen LogP contribution is 2.51. The second-order valence-electron chi connectivity index (χ2n) is 17.4. The van der Waals surface area contributed by atoms with E-state index >= 15 is 0 Å². The summed E-state index contributed by atoms with van der Waals surface area (Å²) < 4.78 is 36.1. The molecule has 0 saturated heterocycles. The molecule has 0 atom stereocenters. The Labute approximate surface area is 361 Å². The number of thioether (sulfide) groups is 1. The molecule has 2 heterocycles. The number of rotatable bonds is 17. The summed E-state index contributed by atoms with van der Waals surface area (Å²) in [6.07, 6.45) is 16.9. The van der Waals surface area contributed by atoms with Gasteiger partial charge in [0.05, 0.1) is 11.2 Å². The molecule has 314 valence electrons. The van der Waals surface area contributed by atoms with E-state index in [4.69, 9.17) is 6.92 Å². The van der Waals surface area contributed by atoms with E-state index in [-0.39, 0.29) is 28.8 Å². The van der Waals surface area contributed by atoms with E-state index in [1.54, 1.807) is 0 Å². The zero-order valence-electron chi connectivity index (χ0n) is 35.5. The van der Waals surface area contributed by atoms with Gasteiger partial charge in [0, 0.05) is 64.5 Å². The number of hydrogen-bond donors (Lipinski definition) is 2. The van der Waals surface area contributed by atoms with E-state index in [1.807, 2.05) is 0 Å². The van der Waals surface area contributed by atoms with Gasteiger partial charge in [-0.25, -0.2) is 0 Å². The third kappa shape index (κ3) is 9.09. The molecule has 0 aromatic heterocycles. The second-order valence-corrected chi connectivity index (χ2v) is 20.1. The molecule has 3 aliphatic rings. The van der Waals surface area contributed by atoms with Crippen molar-refractivity contribution in [3.05, 3.63) is 137 Å². The first-order chi connectivity index (χ1) is 28.7. The van der Waals surface area contributed by atoms with Gasteiger partial charge in [0.2, 0.25) is 5.69 Å². The second kappa shape index (κ2) is 18.3. The van der Waals surface area contributed by atoms with Crippen molar-refractivity contribution in [3.63, 3.8) is 0 Å². The van der Waals surface area contributed by atoms with Crippen LogP contribution < -0.4 is 4.90 Å². The Kier molecular flexibility index (Phi) is 13.3. The minimum atomic E-state index is -4.13. The number of nitrogens with zero attached hydrogens (tertiary/aromatic N) is 2. The lowest BCUT2D eigenvalue weighted by molar-refractivity contribution is -0.438. The highest BCUT2D eigenvalue weighted by atomic mass is 32.2. The predicted molar refractivity (Wildman–Crippen MR) is 250 cm³/mol. The SMILES string of the molecule is [CH]CCCC[N+]1=C(/C=C/C2=C(SCCS(=O)(=O)O)C(=C\C=C3/N(CCCCCC(=O)O)c4ccc5ccccc5c4C3(C)C)/CCC2)C(C)(C)c2c1ccc1ccccc21. The summed E-state index contributed by atoms with van der Waals surface area (Å²) in [5.41, 5.74) is 9.23. The van der Waals surface area contributed by atoms with Crippen molar-refractivity contribution in [1.29, 1.82) is 0 Å². The molecule has 0 fully saturated rings. The highest BCUT2D eigenvalue weighted by Gasteiger charge is 2.45. The number of aliphatic carboxylic acids is 1. The summed E-state index contributed by atoms with van der Waals surface area (Å²) in [7, 11) is -4.13. The van der Waals surface area contributed by atoms with Crippen molar-refractivity contribution in [1.82, 2.24) is 0 Å². The molecule has 4 aromatic rings. The van der Waals surface area contributed by atoms with Gasteiger partial charge in [0.25, 0.3) is 10.1 Å². The van der Waals surface area contributed by atoms with Gasteiger partial charge in [-0.05, 0) is 122 Å². The van der Waals surface area contributed by atoms with Gasteiger partial charge in [-0.3, -0.25) is 9.35 Å². The fourth-order valence-electron chi connectivity index (χ4n) is 9.70. The Morgan fingerprint density at radius 3 is 2.23 bits per heavy atom. The third-order valence-electron chi connectivity index (χ3n) is 12.6. The first-order valence-electron chi connectivity index (χ1n) is 21.5. The van der Waals surface area contributed by atoms with Crippen molar-refractivity contribution in [2.75, 3.05) is 29.5 Å². The zero-order valence-corrected chi connectivity index (χ0v) is 37.2. The summed E-state index contributed by atoms with van der Waals surface area (Å²) in [4.78, 5) is 14.8. The molecule has 7 rings (SSSR count). The summed E-state index contributed by atoms with van der Waals surface area (Å²) in [5, 5.41) is 14.2. The van der Waals surface area contributed by atoms with Gasteiger partial charge in [-0.2, -0.15) is 13.0 Å². The van der Waals surface area contributed by atoms with Crippen LogP contribution in [0.1, 0.15) is 103 Å². The van der Waals surface area contributed by atoms with Crippen LogP contribution in [0.2, 0.25) is 0 Å². The predicted octanol–water partition coefficient (Wildman–Crippen LogP) is 12.1. The minimum absolute atomic E-state index is 0.176. The molecule has 2 aliphatic heterocycles. The Morgan fingerprint density at radius 1 is 0.833 bits per heavy atom. The Hall–Kier alpha value is -4.44. The fourth-order valence-corrected chi connectivity index (χ4v) is 11.8. The molecule has 0 amide bonds. The van der Waals surface area contributed by atoms with Gasteiger partial charge in [-0.1, -0.05) is 87.0 Å². The smallest absolute Gasteiger partial charge is 0.303 e. The van der Waals surface area contributed by atoms with Crippen LogP contribution >= 0.6 is 11.8 Å². The van der Waals surface area contributed by atoms with Crippen molar-refractivity contribution in [2.24, 2.45) is 0 Å². The van der Waals surface area contributed by atoms with Crippen LogP contribution in [0.3, 0.4) is 0 Å². The molecule has 2 radical (unpaired) electrons. The van der Waals surface area contributed by atoms with Crippen LogP contribution in [0.15, 0.2) is 119 Å². The zero-order chi connectivity index (χ0) is 42.7. The van der Waals surface area contributed by atoms with E-state index in [0.717, 1.165) is 68.5 Å². The van der Waals surface area contributed by atoms with Gasteiger partial charge >= 0.3 is 5.97 Å². The Bertz CT molecular complexity index is 2560. The average Bonchev–Trinajstić information content (AvgIpc) is 3.57. The topological polar surface area (TPSA) is 97.9 Å². The summed E-state index contributed by atoms with van der Waals surface area (Å²) in [6, 6.07) is 26.1. The number of carbonyl (C=O) groups is 1. The molecule has 0 unspecified atom stereocenters. The molecule has 2 N–H and O–H groups in total. The fraction of sp³-hybridized carbons (Fsp3) is 0.392. The standard InChI is InChI=1S/C51H58N2O5S2/c1-6-7-14-32-52-42-28-24-36-17-10-12-21-40(36)47(42)50(2,3)44(52)30-26-38-19-16-20-39(49(38)59-34-35-60(56,57)58)27-31-45-51(4,5)48-41-22-13-11-18-37(41)25-29-43(48)53(45)33-15-8-9-23-46(54)55/h1,10-13,17-18,21-22,24-31H,6-9,14-16,19-20,23,32-35H2,2-5H3,(H-,54,55,56,57,58)/p+1. The molecule has 0 bridgehead atoms. The summed E-state index contributed by atoms with van der Waals surface area (Å²) in [6.45, 7) is 16.8. The molecule has 4 aromatic carbocycles. The van der Waals surface area contributed by atoms with Gasteiger partial charge in [0.1, 0.15) is 6.54 Å². The lowest BCUT2D eigenvalue weighted by atomic mass is 9.78. The molecular formula is C51H59N2O5S2+. The van der Waals surface area contributed by atoms with Crippen LogP contribution in [0.25, 0.3) is 21.5 Å². The molecule has 0 saturated carbocycles. The van der Waals surface area contributed by atoms with Crippen LogP contribution in [-0.4, -0.2) is 58.9 Å². The maximum Gasteiger partial charge on any atom is 0.303 e. The third-order valence-corrected chi connectivity index (χ3v) is 14.8. The number of allylic oxidation sites excluding steroid dienone is 7. The molecule has 1 aliphatic carbocycles. The van der Waals surface area contributed by atoms with Crippen LogP contribution in [-0.2, 0) is 25.7 Å². The lowest BCUT2D eigenvalue weighted by Crippen LogP contribution is -2.28. The average molecular weight is 844 g/mol. The minimum Gasteiger partial charge on any atom is -0.481 e. The Morgan fingerprint density at radius 2 is 1.53 bits per heavy atom. The number of carboxylic acids is 1. The molecule has 7 nitrogen and oxygen atoms in total. The van der Waals surface area contributed by atoms with E-state index in [2.05, 4.69) is 134 Å². The molecule has 9 heteroatoms. The first kappa shape index (κ1) is 43.6. The highest BCUT2D eigenvalue weighted by molar-refractivity contribution is 8.04. The molecule has 0 spiro atoms. The first-order valence-corrected chi connectivity index (χ1v) is 24.1. The number of benzene rings is 4. The summed E-state index contributed by atoms with van der Waals surface area (Å²) in [5.74, 6) is -0.833. The molecule has 60 heavy (non-hydrogen) atoms. The van der Waals surface area contributed by atoms with E-state index < -0.39 is 16.1 Å². The maximum absolute atomic E-state index is 12.0. The monoisotopic (exact) mass is 843 g/mol. The van der Waals surface area contributed by atoms with E-state index in [9.17, 15) is 22.9 Å². The largest absolute Gasteiger partial charge is 0.481 e. The van der Waals surface area contributed by atoms with Gasteiger partial charge < -0.3 is 10.0 Å². The van der Waals surface area contributed by atoms with Gasteiger partial charge in [0.15, 0.2) is 5.71 Å². The van der Waals surface area contributed by atoms with Crippen LogP contribution in [0, 0.1) is 6.92 Å².